The Balaban J connectivity index is 0.000000221. The highest BCUT2D eigenvalue weighted by Gasteiger charge is 2.16. The minimum absolute atomic E-state index is 0. The number of phenols is 1. The molecule has 0 spiro atoms. The molecule has 0 aliphatic rings. The van der Waals surface area contributed by atoms with Gasteiger partial charge in [-0.2, -0.15) is 0 Å². The Hall–Kier alpha value is -15.0. The van der Waals surface area contributed by atoms with Gasteiger partial charge in [0, 0.05) is 60.4 Å². The third-order valence-corrected chi connectivity index (χ3v) is 19.9. The fourth-order valence-corrected chi connectivity index (χ4v) is 13.4. The largest absolute Gasteiger partial charge is 0.508 e. The van der Waals surface area contributed by atoms with Crippen LogP contribution in [0.15, 0.2) is 287 Å². The topological polar surface area (TPSA) is 388 Å². The molecule has 2 aromatic heterocycles. The summed E-state index contributed by atoms with van der Waals surface area (Å²) in [6.07, 6.45) is 14.1. The van der Waals surface area contributed by atoms with E-state index in [0.29, 0.717) is 100 Å². The number of aromatic nitrogens is 2. The summed E-state index contributed by atoms with van der Waals surface area (Å²) < 4.78 is 44.3. The number of nitrogen functional groups attached to an aromatic ring is 2. The number of carbonyl (C=O) groups is 8. The number of carboxylic acid groups (broad SMARTS) is 1. The maximum atomic E-state index is 12.6. The number of carboxylic acids is 1. The van der Waals surface area contributed by atoms with Crippen LogP contribution in [0.5, 0.6) is 34.5 Å². The molecule has 0 aliphatic carbocycles. The number of thiazole rings is 2. The van der Waals surface area contributed by atoms with E-state index in [1.54, 1.807) is 103 Å². The monoisotopic (exact) mass is 1750 g/mol. The summed E-state index contributed by atoms with van der Waals surface area (Å²) in [6, 6.07) is 74.9. The number of nitrogens with two attached hydrogens (primary N) is 2. The maximum absolute atomic E-state index is 12.6. The summed E-state index contributed by atoms with van der Waals surface area (Å²) in [5, 5.41) is 27.2. The van der Waals surface area contributed by atoms with Crippen molar-refractivity contribution in [2.45, 2.75) is 78.6 Å². The molecule has 13 rings (SSSR count). The van der Waals surface area contributed by atoms with Crippen molar-refractivity contribution in [3.63, 3.8) is 0 Å². The minimum Gasteiger partial charge on any atom is -0.508 e. The Bertz CT molecular complexity index is 5430. The van der Waals surface area contributed by atoms with E-state index >= 15 is 0 Å². The highest BCUT2D eigenvalue weighted by atomic mass is 32.1. The minimum atomic E-state index is -0.974. The quantitative estimate of drug-likeness (QED) is 0.00409. The average molecular weight is 1750 g/mol. The van der Waals surface area contributed by atoms with Gasteiger partial charge in [0.15, 0.2) is 22.8 Å². The molecule has 0 atom stereocenters. The van der Waals surface area contributed by atoms with Gasteiger partial charge in [-0.15, -0.1) is 0 Å². The zero-order valence-corrected chi connectivity index (χ0v) is 72.5. The van der Waals surface area contributed by atoms with Crippen LogP contribution in [0.1, 0.15) is 133 Å². The Morgan fingerprint density at radius 1 is 0.402 bits per heavy atom. The van der Waals surface area contributed by atoms with Crippen molar-refractivity contribution < 1.29 is 86.5 Å². The van der Waals surface area contributed by atoms with Gasteiger partial charge >= 0.3 is 35.8 Å². The second kappa shape index (κ2) is 53.8. The number of aromatic carboxylic acids is 1. The number of benzene rings is 11. The van der Waals surface area contributed by atoms with E-state index in [1.807, 2.05) is 78.9 Å². The molecule has 656 valence electrons. The second-order valence-corrected chi connectivity index (χ2v) is 29.5. The standard InChI is InChI=1S/C29H29NO5.C29H28O6.C16H16O2.C13H14O5.2C7H6N2S.H3N/c2*1-3-6-21-7-9-22(10-8-21)27-16-15-26(19-24(27)20-30)35-29(32)23-11-13-25(14-12-23)33-17-5-18-34-28(31)4-2;1-2-3-12-4-6-13(7-5-12)16-9-8-15(18)10-14(16)11-17;1-2-12(14)18-9-3-8-17-11-6-4-10(5-7-11)13(15)16;2*8-7-9-5-3-1-2-4-6(5)10-7;/h4,7-16,19-20,30H,2-3,5-6,17-18H2,1H3;4,7-16,19-20H,2-3,5-6,17-18H2,1H3;4-11,18H,2-3H2,1H3;2,4-7H,1,3,8-9H2,(H,15,16);2*1-4H,(H2,8,9);1H3. The number of esters is 5. The number of anilines is 2. The third-order valence-electron chi connectivity index (χ3n) is 18.1. The Kier molecular flexibility index (Phi) is 42.0. The molecule has 0 unspecified atom stereocenters. The molecule has 2 heterocycles. The van der Waals surface area contributed by atoms with Crippen LogP contribution in [0.25, 0.3) is 53.8 Å². The van der Waals surface area contributed by atoms with E-state index in [0.717, 1.165) is 123 Å². The summed E-state index contributed by atoms with van der Waals surface area (Å²) in [5.74, 6) is -0.877. The predicted molar refractivity (Wildman–Crippen MR) is 501 cm³/mol. The molecule has 0 fully saturated rings. The van der Waals surface area contributed by atoms with Crippen LogP contribution >= 0.6 is 22.7 Å². The van der Waals surface area contributed by atoms with Crippen LogP contribution in [-0.2, 0) is 47.9 Å². The molecule has 0 amide bonds. The van der Waals surface area contributed by atoms with Gasteiger partial charge in [0.2, 0.25) is 0 Å². The maximum Gasteiger partial charge on any atom is 0.343 e. The Labute approximate surface area is 745 Å². The van der Waals surface area contributed by atoms with E-state index in [2.05, 4.69) is 99.0 Å². The smallest absolute Gasteiger partial charge is 0.343 e. The first kappa shape index (κ1) is 99.1. The lowest BCUT2D eigenvalue weighted by Gasteiger charge is -2.11. The first-order valence-electron chi connectivity index (χ1n) is 40.4. The van der Waals surface area contributed by atoms with Crippen LogP contribution in [0, 0.1) is 5.41 Å². The van der Waals surface area contributed by atoms with E-state index in [-0.39, 0.29) is 43.0 Å². The Morgan fingerprint density at radius 3 is 1.04 bits per heavy atom. The number of rotatable bonds is 35. The first-order chi connectivity index (χ1) is 61.2. The van der Waals surface area contributed by atoms with Crippen molar-refractivity contribution in [2.75, 3.05) is 51.1 Å². The van der Waals surface area contributed by atoms with Crippen LogP contribution in [-0.4, -0.2) is 114 Å². The normalized spacial score (nSPS) is 10.1. The number of aromatic hydroxyl groups is 1. The summed E-state index contributed by atoms with van der Waals surface area (Å²) in [4.78, 5) is 99.4. The lowest BCUT2D eigenvalue weighted by atomic mass is 9.98. The highest BCUT2D eigenvalue weighted by Crippen LogP contribution is 2.32. The third kappa shape index (κ3) is 33.3. The lowest BCUT2D eigenvalue weighted by molar-refractivity contribution is -0.138. The number of nitrogens with one attached hydrogen (secondary N) is 1. The van der Waals surface area contributed by atoms with Gasteiger partial charge in [-0.05, 0) is 215 Å². The number of fused-ring (bicyclic) bond motifs is 2. The molecule has 0 radical (unpaired) electrons. The molecule has 127 heavy (non-hydrogen) atoms. The summed E-state index contributed by atoms with van der Waals surface area (Å²) in [6.45, 7) is 18.2. The van der Waals surface area contributed by atoms with Gasteiger partial charge in [0.1, 0.15) is 34.5 Å². The van der Waals surface area contributed by atoms with Gasteiger partial charge in [-0.1, -0.05) is 186 Å². The number of phenolic OH excluding ortho intramolecular Hbond substituents is 1. The molecule has 0 saturated heterocycles. The molecule has 26 heteroatoms. The van der Waals surface area contributed by atoms with Crippen molar-refractivity contribution in [2.24, 2.45) is 0 Å². The van der Waals surface area contributed by atoms with Crippen molar-refractivity contribution in [1.82, 2.24) is 16.1 Å². The number of aldehydes is 2. The molecule has 13 aromatic rings. The fraction of sp³-hybridized carbons (Fsp3) is 0.178. The molecule has 0 aliphatic heterocycles. The fourth-order valence-electron chi connectivity index (χ4n) is 11.9. The van der Waals surface area contributed by atoms with Crippen LogP contribution < -0.4 is 41.3 Å². The number of ether oxygens (including phenoxy) is 8. The molecule has 11 aromatic carbocycles. The van der Waals surface area contributed by atoms with E-state index in [4.69, 9.17) is 59.9 Å². The average Bonchev–Trinajstić information content (AvgIpc) is 1.79. The van der Waals surface area contributed by atoms with Crippen LogP contribution in [0.2, 0.25) is 0 Å². The number of hydrogen-bond acceptors (Lipinski definition) is 25. The highest BCUT2D eigenvalue weighted by molar-refractivity contribution is 7.22. The van der Waals surface area contributed by atoms with Crippen molar-refractivity contribution in [3.05, 3.63) is 337 Å². The number of para-hydroxylation sites is 2. The number of hydrogen-bond donors (Lipinski definition) is 6. The van der Waals surface area contributed by atoms with Crippen molar-refractivity contribution in [3.8, 4) is 67.9 Å². The van der Waals surface area contributed by atoms with Gasteiger partial charge in [-0.25, -0.2) is 38.7 Å². The van der Waals surface area contributed by atoms with Gasteiger partial charge in [-0.3, -0.25) is 9.59 Å². The zero-order valence-electron chi connectivity index (χ0n) is 70.9. The predicted octanol–water partition coefficient (Wildman–Crippen LogP) is 21.5. The summed E-state index contributed by atoms with van der Waals surface area (Å²) in [7, 11) is 0. The van der Waals surface area contributed by atoms with E-state index in [1.165, 1.54) is 63.8 Å². The molecule has 10 N–H and O–H groups in total. The molecule has 24 nitrogen and oxygen atoms in total. The summed E-state index contributed by atoms with van der Waals surface area (Å²) in [5.41, 5.74) is 24.8. The Morgan fingerprint density at radius 2 is 0.717 bits per heavy atom. The number of aryl methyl sites for hydroxylation is 3. The lowest BCUT2D eigenvalue weighted by Crippen LogP contribution is -2.09. The SMILES string of the molecule is C=CC(=O)OCCCOc1ccc(C(=O)O)cc1.C=CC(=O)OCCCOc1ccc(C(=O)Oc2ccc(-c3ccc(CCC)cc3)c(C=N)c2)cc1.C=CC(=O)OCCCOc1ccc(C(=O)Oc2ccc(-c3ccc(CCC)cc3)c(C=O)c2)cc1.CCCc1ccc(-c2ccc(O)cc2C=O)cc1.N.Nc1nc2ccccc2s1.Nc1nc2ccccc2s1. The van der Waals surface area contributed by atoms with E-state index in [9.17, 15) is 43.5 Å². The van der Waals surface area contributed by atoms with Crippen LogP contribution in [0.3, 0.4) is 0 Å². The molecular formula is C101H102N6O18S2. The zero-order chi connectivity index (χ0) is 90.4. The van der Waals surface area contributed by atoms with E-state index < -0.39 is 35.8 Å². The molecular weight excluding hydrogens is 1650 g/mol. The van der Waals surface area contributed by atoms with Crippen LogP contribution in [0.4, 0.5) is 10.3 Å². The van der Waals surface area contributed by atoms with Crippen molar-refractivity contribution in [1.29, 1.82) is 5.41 Å². The van der Waals surface area contributed by atoms with Crippen molar-refractivity contribution >= 4 is 108 Å². The first-order valence-corrected chi connectivity index (χ1v) is 42.1. The second-order valence-electron chi connectivity index (χ2n) is 27.4. The number of carbonyl (C=O) groups excluding carboxylic acids is 7. The number of nitrogens with zero attached hydrogens (tertiary/aromatic N) is 2. The van der Waals surface area contributed by atoms with Gasteiger partial charge < -0.3 is 71.1 Å². The molecule has 0 bridgehead atoms. The molecule has 0 saturated carbocycles. The van der Waals surface area contributed by atoms with Gasteiger partial charge in [0.25, 0.3) is 0 Å². The summed E-state index contributed by atoms with van der Waals surface area (Å²) >= 11 is 3.04. The van der Waals surface area contributed by atoms with Gasteiger partial charge in [0.05, 0.1) is 76.8 Å².